The van der Waals surface area contributed by atoms with E-state index in [1.807, 2.05) is 0 Å². The lowest BCUT2D eigenvalue weighted by Gasteiger charge is -2.06. The fourth-order valence-electron chi connectivity index (χ4n) is 1.58. The van der Waals surface area contributed by atoms with Gasteiger partial charge in [0, 0.05) is 37.9 Å². The number of imidazole rings is 2. The highest BCUT2D eigenvalue weighted by molar-refractivity contribution is 5.76. The van der Waals surface area contributed by atoms with Crippen LogP contribution in [0, 0.1) is 0 Å². The highest BCUT2D eigenvalue weighted by atomic mass is 16.2. The summed E-state index contributed by atoms with van der Waals surface area (Å²) in [5.74, 6) is 0. The predicted octanol–water partition coefficient (Wildman–Crippen LogP) is 0.675. The van der Waals surface area contributed by atoms with E-state index in [0.717, 1.165) is 12.8 Å². The summed E-state index contributed by atoms with van der Waals surface area (Å²) < 4.78 is 2.75. The second-order valence-corrected chi connectivity index (χ2v) is 4.11. The molecule has 0 saturated carbocycles. The van der Waals surface area contributed by atoms with Crippen LogP contribution < -0.4 is 10.6 Å². The molecule has 0 saturated heterocycles. The van der Waals surface area contributed by atoms with Gasteiger partial charge < -0.3 is 10.6 Å². The van der Waals surface area contributed by atoms with Gasteiger partial charge in [0.15, 0.2) is 0 Å². The van der Waals surface area contributed by atoms with Crippen LogP contribution in [-0.2, 0) is 0 Å². The Kier molecular flexibility index (Phi) is 4.87. The molecule has 0 radical (unpaired) electrons. The molecule has 2 heterocycles. The summed E-state index contributed by atoms with van der Waals surface area (Å²) in [4.78, 5) is 30.7. The van der Waals surface area contributed by atoms with Crippen LogP contribution in [0.25, 0.3) is 0 Å². The van der Waals surface area contributed by atoms with E-state index in [1.165, 1.54) is 21.8 Å². The highest BCUT2D eigenvalue weighted by Crippen LogP contribution is 1.90. The van der Waals surface area contributed by atoms with E-state index in [2.05, 4.69) is 20.6 Å². The van der Waals surface area contributed by atoms with Crippen LogP contribution >= 0.6 is 0 Å². The maximum Gasteiger partial charge on any atom is 0.326 e. The van der Waals surface area contributed by atoms with Gasteiger partial charge >= 0.3 is 12.1 Å². The van der Waals surface area contributed by atoms with Crippen LogP contribution in [0.5, 0.6) is 0 Å². The van der Waals surface area contributed by atoms with Crippen LogP contribution in [0.15, 0.2) is 37.4 Å². The highest BCUT2D eigenvalue weighted by Gasteiger charge is 2.03. The number of nitrogens with zero attached hydrogens (tertiary/aromatic N) is 4. The van der Waals surface area contributed by atoms with Gasteiger partial charge in [-0.1, -0.05) is 0 Å². The zero-order valence-corrected chi connectivity index (χ0v) is 10.9. The van der Waals surface area contributed by atoms with E-state index >= 15 is 0 Å². The summed E-state index contributed by atoms with van der Waals surface area (Å²) in [6.07, 6.45) is 10.7. The van der Waals surface area contributed by atoms with Crippen molar-refractivity contribution in [3.63, 3.8) is 0 Å². The molecule has 20 heavy (non-hydrogen) atoms. The van der Waals surface area contributed by atoms with Crippen molar-refractivity contribution in [2.45, 2.75) is 12.8 Å². The first-order chi connectivity index (χ1) is 9.77. The minimum absolute atomic E-state index is 0.204. The van der Waals surface area contributed by atoms with E-state index in [4.69, 9.17) is 0 Å². The molecule has 8 nitrogen and oxygen atoms in total. The number of carbonyl (C=O) groups is 2. The lowest BCUT2D eigenvalue weighted by atomic mass is 10.3. The summed E-state index contributed by atoms with van der Waals surface area (Å²) in [5, 5.41) is 5.51. The largest absolute Gasteiger partial charge is 0.337 e. The van der Waals surface area contributed by atoms with Gasteiger partial charge in [-0.3, -0.25) is 9.13 Å². The van der Waals surface area contributed by atoms with E-state index < -0.39 is 0 Å². The Morgan fingerprint density at radius 3 is 1.65 bits per heavy atom. The number of aromatic nitrogens is 4. The van der Waals surface area contributed by atoms with Gasteiger partial charge in [0.25, 0.3) is 0 Å². The van der Waals surface area contributed by atoms with Crippen LogP contribution in [0.4, 0.5) is 9.59 Å². The van der Waals surface area contributed by atoms with Gasteiger partial charge in [0.1, 0.15) is 12.7 Å². The molecule has 2 amide bonds. The van der Waals surface area contributed by atoms with Crippen LogP contribution in [0.1, 0.15) is 12.8 Å². The lowest BCUT2D eigenvalue weighted by Crippen LogP contribution is -2.30. The molecule has 0 aliphatic carbocycles. The number of hydrogen-bond donors (Lipinski definition) is 2. The Labute approximate surface area is 115 Å². The Balaban J connectivity index is 1.54. The topological polar surface area (TPSA) is 93.8 Å². The molecule has 0 aliphatic heterocycles. The van der Waals surface area contributed by atoms with Crippen molar-refractivity contribution in [1.82, 2.24) is 29.7 Å². The second-order valence-electron chi connectivity index (χ2n) is 4.11. The van der Waals surface area contributed by atoms with Crippen molar-refractivity contribution >= 4 is 12.1 Å². The van der Waals surface area contributed by atoms with Gasteiger partial charge in [0.2, 0.25) is 0 Å². The molecule has 0 unspecified atom stereocenters. The van der Waals surface area contributed by atoms with Crippen molar-refractivity contribution < 1.29 is 9.59 Å². The van der Waals surface area contributed by atoms with Gasteiger partial charge in [-0.05, 0) is 12.8 Å². The molecule has 2 aromatic rings. The average Bonchev–Trinajstić information content (AvgIpc) is 3.14. The molecule has 8 heteroatoms. The standard InChI is InChI=1S/C12H16N6O2/c19-11(17-7-5-13-9-17)15-3-1-2-4-16-12(20)18-8-6-14-10-18/h5-10H,1-4H2,(H,15,19)(H,16,20). The average molecular weight is 276 g/mol. The van der Waals surface area contributed by atoms with Gasteiger partial charge in [-0.2, -0.15) is 0 Å². The molecule has 0 bridgehead atoms. The minimum atomic E-state index is -0.204. The maximum atomic E-state index is 11.5. The number of nitrogens with one attached hydrogen (secondary N) is 2. The normalized spacial score (nSPS) is 10.2. The smallest absolute Gasteiger partial charge is 0.326 e. The number of hydrogen-bond acceptors (Lipinski definition) is 4. The SMILES string of the molecule is O=C(NCCCCNC(=O)n1ccnc1)n1ccnc1. The molecule has 2 N–H and O–H groups in total. The monoisotopic (exact) mass is 276 g/mol. The van der Waals surface area contributed by atoms with Crippen LogP contribution in [0.2, 0.25) is 0 Å². The fourth-order valence-corrected chi connectivity index (χ4v) is 1.58. The second kappa shape index (κ2) is 7.07. The third-order valence-corrected chi connectivity index (χ3v) is 2.63. The van der Waals surface area contributed by atoms with Crippen molar-refractivity contribution in [3.8, 4) is 0 Å². The zero-order chi connectivity index (χ0) is 14.2. The summed E-state index contributed by atoms with van der Waals surface area (Å²) in [5.41, 5.74) is 0. The Hall–Kier alpha value is -2.64. The van der Waals surface area contributed by atoms with Crippen LogP contribution in [0.3, 0.4) is 0 Å². The van der Waals surface area contributed by atoms with E-state index in [9.17, 15) is 9.59 Å². The molecule has 2 aromatic heterocycles. The number of carbonyl (C=O) groups excluding carboxylic acids is 2. The molecule has 0 fully saturated rings. The lowest BCUT2D eigenvalue weighted by molar-refractivity contribution is 0.240. The van der Waals surface area contributed by atoms with Crippen molar-refractivity contribution in [1.29, 1.82) is 0 Å². The quantitative estimate of drug-likeness (QED) is 0.785. The molecular formula is C12H16N6O2. The molecule has 0 aliphatic rings. The molecule has 0 spiro atoms. The fraction of sp³-hybridized carbons (Fsp3) is 0.333. The Morgan fingerprint density at radius 1 is 0.850 bits per heavy atom. The number of rotatable bonds is 5. The summed E-state index contributed by atoms with van der Waals surface area (Å²) >= 11 is 0. The molecular weight excluding hydrogens is 260 g/mol. The molecule has 0 atom stereocenters. The Bertz CT molecular complexity index is 484. The first-order valence-corrected chi connectivity index (χ1v) is 6.29. The van der Waals surface area contributed by atoms with E-state index in [1.54, 1.807) is 24.8 Å². The number of amides is 2. The summed E-state index contributed by atoms with van der Waals surface area (Å²) in [7, 11) is 0. The van der Waals surface area contributed by atoms with Gasteiger partial charge in [-0.25, -0.2) is 19.6 Å². The van der Waals surface area contributed by atoms with Crippen molar-refractivity contribution in [2.24, 2.45) is 0 Å². The zero-order valence-electron chi connectivity index (χ0n) is 10.9. The third kappa shape index (κ3) is 3.94. The first-order valence-electron chi connectivity index (χ1n) is 6.29. The summed E-state index contributed by atoms with van der Waals surface area (Å²) in [6.45, 7) is 1.11. The maximum absolute atomic E-state index is 11.5. The van der Waals surface area contributed by atoms with Crippen LogP contribution in [-0.4, -0.2) is 44.3 Å². The van der Waals surface area contributed by atoms with Crippen molar-refractivity contribution in [3.05, 3.63) is 37.4 Å². The minimum Gasteiger partial charge on any atom is -0.337 e. The third-order valence-electron chi connectivity index (χ3n) is 2.63. The van der Waals surface area contributed by atoms with Crippen molar-refractivity contribution in [2.75, 3.05) is 13.1 Å². The molecule has 106 valence electrons. The first kappa shape index (κ1) is 13.8. The predicted molar refractivity (Wildman–Crippen MR) is 71.3 cm³/mol. The number of unbranched alkanes of at least 4 members (excludes halogenated alkanes) is 1. The van der Waals surface area contributed by atoms with Gasteiger partial charge in [0.05, 0.1) is 0 Å². The molecule has 0 aromatic carbocycles. The Morgan fingerprint density at radius 2 is 1.30 bits per heavy atom. The molecule has 2 rings (SSSR count). The summed E-state index contributed by atoms with van der Waals surface area (Å²) in [6, 6.07) is -0.407. The van der Waals surface area contributed by atoms with E-state index in [0.29, 0.717) is 13.1 Å². The van der Waals surface area contributed by atoms with E-state index in [-0.39, 0.29) is 12.1 Å². The van der Waals surface area contributed by atoms with Gasteiger partial charge in [-0.15, -0.1) is 0 Å².